The molecule has 94 valence electrons. The average Bonchev–Trinajstić information content (AvgIpc) is 2.35. The van der Waals surface area contributed by atoms with Crippen LogP contribution in [0.25, 0.3) is 0 Å². The summed E-state index contributed by atoms with van der Waals surface area (Å²) in [4.78, 5) is 0. The molecule has 0 heterocycles. The Balaban J connectivity index is 2.11. The van der Waals surface area contributed by atoms with Crippen LogP contribution in [0.1, 0.15) is 5.56 Å². The highest BCUT2D eigenvalue weighted by molar-refractivity contribution is 5.47. The molecule has 0 spiro atoms. The van der Waals surface area contributed by atoms with Gasteiger partial charge in [0.15, 0.2) is 23.1 Å². The van der Waals surface area contributed by atoms with Crippen molar-refractivity contribution in [1.82, 2.24) is 0 Å². The summed E-state index contributed by atoms with van der Waals surface area (Å²) in [6.07, 6.45) is 0. The lowest BCUT2D eigenvalue weighted by Gasteiger charge is -2.08. The number of hydrogen-bond donors (Lipinski definition) is 3. The average molecular weight is 251 g/mol. The summed E-state index contributed by atoms with van der Waals surface area (Å²) in [6.45, 7) is 0.203. The van der Waals surface area contributed by atoms with Gasteiger partial charge in [-0.2, -0.15) is 0 Å². The third-order valence-electron chi connectivity index (χ3n) is 2.47. The second-order valence-electron chi connectivity index (χ2n) is 3.78. The standard InChI is InChI=1S/C13H11F2NO2/c14-9-2-1-3-10(13(9)15)16-7-8-4-5-11(17)12(18)6-8/h1-6,16-18H,7H2. The fraction of sp³-hybridized carbons (Fsp3) is 0.0769. The van der Waals surface area contributed by atoms with Crippen LogP contribution in [0.3, 0.4) is 0 Å². The van der Waals surface area contributed by atoms with Gasteiger partial charge in [-0.25, -0.2) is 8.78 Å². The zero-order valence-corrected chi connectivity index (χ0v) is 9.32. The van der Waals surface area contributed by atoms with Gasteiger partial charge in [0, 0.05) is 6.54 Å². The molecule has 0 atom stereocenters. The van der Waals surface area contributed by atoms with Gasteiger partial charge in [0.25, 0.3) is 0 Å². The van der Waals surface area contributed by atoms with Crippen LogP contribution in [0, 0.1) is 11.6 Å². The lowest BCUT2D eigenvalue weighted by Crippen LogP contribution is -2.02. The van der Waals surface area contributed by atoms with Crippen LogP contribution in [-0.4, -0.2) is 10.2 Å². The molecule has 0 aromatic heterocycles. The zero-order chi connectivity index (χ0) is 13.1. The predicted molar refractivity (Wildman–Crippen MR) is 63.5 cm³/mol. The summed E-state index contributed by atoms with van der Waals surface area (Å²) in [5, 5.41) is 21.1. The van der Waals surface area contributed by atoms with Crippen molar-refractivity contribution >= 4 is 5.69 Å². The van der Waals surface area contributed by atoms with Crippen molar-refractivity contribution in [2.45, 2.75) is 6.54 Å². The molecule has 3 nitrogen and oxygen atoms in total. The van der Waals surface area contributed by atoms with Crippen LogP contribution in [0.15, 0.2) is 36.4 Å². The van der Waals surface area contributed by atoms with Gasteiger partial charge in [-0.15, -0.1) is 0 Å². The number of rotatable bonds is 3. The molecule has 0 amide bonds. The number of anilines is 1. The Hall–Kier alpha value is -2.30. The summed E-state index contributed by atoms with van der Waals surface area (Å²) >= 11 is 0. The second-order valence-corrected chi connectivity index (χ2v) is 3.78. The molecular formula is C13H11F2NO2. The maximum Gasteiger partial charge on any atom is 0.181 e. The minimum atomic E-state index is -0.944. The van der Waals surface area contributed by atoms with Crippen molar-refractivity contribution in [2.24, 2.45) is 0 Å². The maximum absolute atomic E-state index is 13.3. The van der Waals surface area contributed by atoms with E-state index in [4.69, 9.17) is 5.11 Å². The topological polar surface area (TPSA) is 52.5 Å². The molecule has 0 bridgehead atoms. The minimum Gasteiger partial charge on any atom is -0.504 e. The van der Waals surface area contributed by atoms with Crippen LogP contribution in [0.4, 0.5) is 14.5 Å². The Bertz CT molecular complexity index is 573. The Morgan fingerprint density at radius 1 is 1.00 bits per heavy atom. The van der Waals surface area contributed by atoms with Gasteiger partial charge in [-0.1, -0.05) is 12.1 Å². The van der Waals surface area contributed by atoms with Gasteiger partial charge in [0.2, 0.25) is 0 Å². The highest BCUT2D eigenvalue weighted by atomic mass is 19.2. The molecule has 3 N–H and O–H groups in total. The smallest absolute Gasteiger partial charge is 0.181 e. The monoisotopic (exact) mass is 251 g/mol. The predicted octanol–water partition coefficient (Wildman–Crippen LogP) is 2.99. The highest BCUT2D eigenvalue weighted by Gasteiger charge is 2.07. The van der Waals surface area contributed by atoms with Crippen molar-refractivity contribution in [2.75, 3.05) is 5.32 Å². The molecule has 0 aliphatic heterocycles. The van der Waals surface area contributed by atoms with Gasteiger partial charge in [-0.05, 0) is 29.8 Å². The van der Waals surface area contributed by atoms with Crippen molar-refractivity contribution in [1.29, 1.82) is 0 Å². The summed E-state index contributed by atoms with van der Waals surface area (Å²) in [5.41, 5.74) is 0.677. The second kappa shape index (κ2) is 4.91. The quantitative estimate of drug-likeness (QED) is 0.735. The van der Waals surface area contributed by atoms with E-state index in [0.717, 1.165) is 6.07 Å². The summed E-state index contributed by atoms with van der Waals surface area (Å²) < 4.78 is 26.3. The van der Waals surface area contributed by atoms with Gasteiger partial charge >= 0.3 is 0 Å². The van der Waals surface area contributed by atoms with E-state index in [1.54, 1.807) is 6.07 Å². The van der Waals surface area contributed by atoms with E-state index < -0.39 is 11.6 Å². The number of hydrogen-bond acceptors (Lipinski definition) is 3. The fourth-order valence-corrected chi connectivity index (χ4v) is 1.52. The van der Waals surface area contributed by atoms with Gasteiger partial charge in [0.1, 0.15) is 0 Å². The van der Waals surface area contributed by atoms with Crippen LogP contribution >= 0.6 is 0 Å². The molecule has 2 rings (SSSR count). The number of aromatic hydroxyl groups is 2. The van der Waals surface area contributed by atoms with Crippen LogP contribution < -0.4 is 5.32 Å². The lowest BCUT2D eigenvalue weighted by molar-refractivity contribution is 0.403. The Kier molecular flexibility index (Phi) is 3.32. The molecular weight excluding hydrogens is 240 g/mol. The first-order valence-corrected chi connectivity index (χ1v) is 5.26. The largest absolute Gasteiger partial charge is 0.504 e. The fourth-order valence-electron chi connectivity index (χ4n) is 1.52. The third kappa shape index (κ3) is 2.51. The van der Waals surface area contributed by atoms with E-state index in [1.165, 1.54) is 24.3 Å². The summed E-state index contributed by atoms with van der Waals surface area (Å²) in [5.74, 6) is -2.35. The minimum absolute atomic E-state index is 0.0440. The van der Waals surface area contributed by atoms with Gasteiger partial charge < -0.3 is 15.5 Å². The van der Waals surface area contributed by atoms with Crippen LogP contribution in [-0.2, 0) is 6.54 Å². The molecule has 0 radical (unpaired) electrons. The molecule has 0 unspecified atom stereocenters. The number of phenolic OH excluding ortho intramolecular Hbond substituents is 2. The van der Waals surface area contributed by atoms with Crippen LogP contribution in [0.2, 0.25) is 0 Å². The van der Waals surface area contributed by atoms with Crippen molar-refractivity contribution in [3.8, 4) is 11.5 Å². The molecule has 0 aliphatic rings. The molecule has 0 fully saturated rings. The van der Waals surface area contributed by atoms with Gasteiger partial charge in [0.05, 0.1) is 5.69 Å². The number of halogens is 2. The third-order valence-corrected chi connectivity index (χ3v) is 2.47. The van der Waals surface area contributed by atoms with E-state index in [2.05, 4.69) is 5.32 Å². The molecule has 2 aromatic rings. The zero-order valence-electron chi connectivity index (χ0n) is 9.32. The molecule has 18 heavy (non-hydrogen) atoms. The van der Waals surface area contributed by atoms with Crippen molar-refractivity contribution in [3.63, 3.8) is 0 Å². The molecule has 0 aliphatic carbocycles. The van der Waals surface area contributed by atoms with E-state index in [9.17, 15) is 13.9 Å². The number of nitrogens with one attached hydrogen (secondary N) is 1. The highest BCUT2D eigenvalue weighted by Crippen LogP contribution is 2.25. The first kappa shape index (κ1) is 12.2. The van der Waals surface area contributed by atoms with E-state index in [0.29, 0.717) is 5.56 Å². The summed E-state index contributed by atoms with van der Waals surface area (Å²) in [6, 6.07) is 8.09. The lowest BCUT2D eigenvalue weighted by atomic mass is 10.2. The van der Waals surface area contributed by atoms with E-state index in [-0.39, 0.29) is 23.7 Å². The van der Waals surface area contributed by atoms with E-state index >= 15 is 0 Å². The van der Waals surface area contributed by atoms with E-state index in [1.807, 2.05) is 0 Å². The first-order chi connectivity index (χ1) is 8.58. The molecule has 0 saturated carbocycles. The SMILES string of the molecule is Oc1ccc(CNc2cccc(F)c2F)cc1O. The normalized spacial score (nSPS) is 10.3. The Morgan fingerprint density at radius 3 is 2.50 bits per heavy atom. The molecule has 5 heteroatoms. The first-order valence-electron chi connectivity index (χ1n) is 5.26. The Labute approximate surface area is 102 Å². The van der Waals surface area contributed by atoms with Crippen molar-refractivity contribution < 1.29 is 19.0 Å². The molecule has 2 aromatic carbocycles. The maximum atomic E-state index is 13.3. The summed E-state index contributed by atoms with van der Waals surface area (Å²) in [7, 11) is 0. The van der Waals surface area contributed by atoms with Crippen LogP contribution in [0.5, 0.6) is 11.5 Å². The van der Waals surface area contributed by atoms with Crippen molar-refractivity contribution in [3.05, 3.63) is 53.6 Å². The Morgan fingerprint density at radius 2 is 1.78 bits per heavy atom. The number of phenols is 2. The van der Waals surface area contributed by atoms with Gasteiger partial charge in [-0.3, -0.25) is 0 Å². The molecule has 0 saturated heterocycles. The number of benzene rings is 2.